The van der Waals surface area contributed by atoms with E-state index in [0.717, 1.165) is 0 Å². The Bertz CT molecular complexity index is 824. The zero-order chi connectivity index (χ0) is 19.9. The number of benzene rings is 2. The molecule has 3 rings (SSSR count). The second kappa shape index (κ2) is 9.17. The lowest BCUT2D eigenvalue weighted by Gasteiger charge is -2.26. The first kappa shape index (κ1) is 19.6. The standard InChI is InChI=1S/C22H23NO5/c24-20(23-18-10-6-17(7-11-18)22(26)27)14-28-19-12-8-16(9-13-19)21(25)15-4-2-1-3-5-15/h1-5,8-9,12-13,17-18H,6-7,10-11,14H2,(H,23,24)(H,26,27). The molecule has 0 radical (unpaired) electrons. The molecule has 146 valence electrons. The zero-order valence-corrected chi connectivity index (χ0v) is 15.5. The Morgan fingerprint density at radius 1 is 0.893 bits per heavy atom. The van der Waals surface area contributed by atoms with E-state index in [-0.39, 0.29) is 30.3 Å². The first-order valence-corrected chi connectivity index (χ1v) is 9.37. The quantitative estimate of drug-likeness (QED) is 0.719. The molecule has 0 aliphatic heterocycles. The topological polar surface area (TPSA) is 92.7 Å². The predicted molar refractivity (Wildman–Crippen MR) is 103 cm³/mol. The number of aliphatic carboxylic acids is 1. The Morgan fingerprint density at radius 2 is 1.50 bits per heavy atom. The SMILES string of the molecule is O=C(COc1ccc(C(=O)c2ccccc2)cc1)NC1CCC(C(=O)O)CC1. The summed E-state index contributed by atoms with van der Waals surface area (Å²) in [6.45, 7) is -0.120. The molecule has 2 aromatic rings. The van der Waals surface area contributed by atoms with Crippen LogP contribution in [0.2, 0.25) is 0 Å². The van der Waals surface area contributed by atoms with Crippen LogP contribution in [-0.4, -0.2) is 35.4 Å². The molecular weight excluding hydrogens is 358 g/mol. The van der Waals surface area contributed by atoms with Gasteiger partial charge in [0.2, 0.25) is 0 Å². The summed E-state index contributed by atoms with van der Waals surface area (Å²) in [5.41, 5.74) is 1.17. The van der Waals surface area contributed by atoms with Crippen molar-refractivity contribution < 1.29 is 24.2 Å². The number of rotatable bonds is 7. The van der Waals surface area contributed by atoms with Gasteiger partial charge in [0, 0.05) is 17.2 Å². The summed E-state index contributed by atoms with van der Waals surface area (Å²) in [5, 5.41) is 11.9. The van der Waals surface area contributed by atoms with Crippen LogP contribution < -0.4 is 10.1 Å². The molecule has 28 heavy (non-hydrogen) atoms. The minimum absolute atomic E-state index is 0.00225. The molecule has 2 N–H and O–H groups in total. The molecule has 1 amide bonds. The highest BCUT2D eigenvalue weighted by Gasteiger charge is 2.26. The van der Waals surface area contributed by atoms with Crippen molar-refractivity contribution in [2.75, 3.05) is 6.61 Å². The zero-order valence-electron chi connectivity index (χ0n) is 15.5. The van der Waals surface area contributed by atoms with Crippen molar-refractivity contribution in [1.82, 2.24) is 5.32 Å². The van der Waals surface area contributed by atoms with Crippen molar-refractivity contribution in [2.45, 2.75) is 31.7 Å². The van der Waals surface area contributed by atoms with Crippen molar-refractivity contribution in [1.29, 1.82) is 0 Å². The number of carbonyl (C=O) groups is 3. The number of amides is 1. The van der Waals surface area contributed by atoms with Crippen LogP contribution in [0.1, 0.15) is 41.6 Å². The molecule has 0 saturated heterocycles. The highest BCUT2D eigenvalue weighted by molar-refractivity contribution is 6.08. The molecule has 2 aromatic carbocycles. The lowest BCUT2D eigenvalue weighted by Crippen LogP contribution is -2.40. The minimum atomic E-state index is -0.762. The second-order valence-electron chi connectivity index (χ2n) is 6.96. The number of ketones is 1. The van der Waals surface area contributed by atoms with Crippen LogP contribution in [0.5, 0.6) is 5.75 Å². The summed E-state index contributed by atoms with van der Waals surface area (Å²) >= 11 is 0. The van der Waals surface area contributed by atoms with Crippen molar-refractivity contribution in [3.05, 3.63) is 65.7 Å². The summed E-state index contributed by atoms with van der Waals surface area (Å²) in [6.07, 6.45) is 2.49. The van der Waals surface area contributed by atoms with Crippen LogP contribution in [0.25, 0.3) is 0 Å². The molecule has 0 unspecified atom stereocenters. The smallest absolute Gasteiger partial charge is 0.306 e. The number of carboxylic acids is 1. The Morgan fingerprint density at radius 3 is 2.11 bits per heavy atom. The highest BCUT2D eigenvalue weighted by atomic mass is 16.5. The lowest BCUT2D eigenvalue weighted by molar-refractivity contribution is -0.142. The molecule has 0 spiro atoms. The third-order valence-electron chi connectivity index (χ3n) is 4.96. The molecule has 1 aliphatic rings. The molecule has 0 atom stereocenters. The highest BCUT2D eigenvalue weighted by Crippen LogP contribution is 2.24. The maximum absolute atomic E-state index is 12.4. The fraction of sp³-hybridized carbons (Fsp3) is 0.318. The summed E-state index contributed by atoms with van der Waals surface area (Å²) in [4.78, 5) is 35.4. The van der Waals surface area contributed by atoms with E-state index in [9.17, 15) is 14.4 Å². The van der Waals surface area contributed by atoms with Crippen LogP contribution in [-0.2, 0) is 9.59 Å². The van der Waals surface area contributed by atoms with Gasteiger partial charge in [0.15, 0.2) is 12.4 Å². The van der Waals surface area contributed by atoms with Gasteiger partial charge in [-0.25, -0.2) is 0 Å². The number of nitrogens with one attached hydrogen (secondary N) is 1. The number of hydrogen-bond acceptors (Lipinski definition) is 4. The van der Waals surface area contributed by atoms with Gasteiger partial charge in [-0.15, -0.1) is 0 Å². The number of hydrogen-bond donors (Lipinski definition) is 2. The van der Waals surface area contributed by atoms with Crippen LogP contribution in [0.3, 0.4) is 0 Å². The van der Waals surface area contributed by atoms with E-state index >= 15 is 0 Å². The van der Waals surface area contributed by atoms with Gasteiger partial charge in [-0.2, -0.15) is 0 Å². The second-order valence-corrected chi connectivity index (χ2v) is 6.96. The summed E-state index contributed by atoms with van der Waals surface area (Å²) in [5.74, 6) is -0.858. The van der Waals surface area contributed by atoms with Crippen molar-refractivity contribution >= 4 is 17.7 Å². The van der Waals surface area contributed by atoms with E-state index in [0.29, 0.717) is 42.6 Å². The lowest BCUT2D eigenvalue weighted by atomic mass is 9.86. The maximum Gasteiger partial charge on any atom is 0.306 e. The van der Waals surface area contributed by atoms with Gasteiger partial charge in [-0.05, 0) is 49.9 Å². The first-order chi connectivity index (χ1) is 13.5. The van der Waals surface area contributed by atoms with Crippen LogP contribution in [0.15, 0.2) is 54.6 Å². The Labute approximate surface area is 163 Å². The summed E-state index contributed by atoms with van der Waals surface area (Å²) < 4.78 is 5.49. The van der Waals surface area contributed by atoms with Gasteiger partial charge in [0.05, 0.1) is 5.92 Å². The molecule has 0 heterocycles. The van der Waals surface area contributed by atoms with E-state index in [1.54, 1.807) is 36.4 Å². The molecule has 0 aromatic heterocycles. The fourth-order valence-electron chi connectivity index (χ4n) is 3.36. The third-order valence-corrected chi connectivity index (χ3v) is 4.96. The Kier molecular flexibility index (Phi) is 6.42. The normalized spacial score (nSPS) is 18.9. The third kappa shape index (κ3) is 5.19. The summed E-state index contributed by atoms with van der Waals surface area (Å²) in [6, 6.07) is 15.7. The van der Waals surface area contributed by atoms with E-state index in [4.69, 9.17) is 9.84 Å². The van der Waals surface area contributed by atoms with Gasteiger partial charge >= 0.3 is 5.97 Å². The average molecular weight is 381 g/mol. The van der Waals surface area contributed by atoms with Gasteiger partial charge in [-0.1, -0.05) is 30.3 Å². The van der Waals surface area contributed by atoms with Crippen molar-refractivity contribution in [2.24, 2.45) is 5.92 Å². The van der Waals surface area contributed by atoms with Gasteiger partial charge in [0.1, 0.15) is 5.75 Å². The number of carboxylic acid groups (broad SMARTS) is 1. The molecule has 1 saturated carbocycles. The largest absolute Gasteiger partial charge is 0.484 e. The van der Waals surface area contributed by atoms with Crippen LogP contribution in [0.4, 0.5) is 0 Å². The number of carbonyl (C=O) groups excluding carboxylic acids is 2. The van der Waals surface area contributed by atoms with E-state index in [1.807, 2.05) is 18.2 Å². The predicted octanol–water partition coefficient (Wildman–Crippen LogP) is 3.06. The maximum atomic E-state index is 12.4. The first-order valence-electron chi connectivity index (χ1n) is 9.37. The van der Waals surface area contributed by atoms with E-state index in [1.165, 1.54) is 0 Å². The van der Waals surface area contributed by atoms with E-state index < -0.39 is 5.97 Å². The van der Waals surface area contributed by atoms with Gasteiger partial charge in [-0.3, -0.25) is 14.4 Å². The number of ether oxygens (including phenoxy) is 1. The van der Waals surface area contributed by atoms with Crippen LogP contribution in [0, 0.1) is 5.92 Å². The molecule has 1 aliphatic carbocycles. The summed E-state index contributed by atoms with van der Waals surface area (Å²) in [7, 11) is 0. The van der Waals surface area contributed by atoms with Crippen molar-refractivity contribution in [3.63, 3.8) is 0 Å². The molecular formula is C22H23NO5. The molecule has 1 fully saturated rings. The van der Waals surface area contributed by atoms with Gasteiger partial charge in [0.25, 0.3) is 5.91 Å². The molecule has 6 nitrogen and oxygen atoms in total. The van der Waals surface area contributed by atoms with Gasteiger partial charge < -0.3 is 15.2 Å². The molecule has 6 heteroatoms. The van der Waals surface area contributed by atoms with E-state index in [2.05, 4.69) is 5.32 Å². The fourth-order valence-corrected chi connectivity index (χ4v) is 3.36. The minimum Gasteiger partial charge on any atom is -0.484 e. The molecule has 0 bridgehead atoms. The Hall–Kier alpha value is -3.15. The average Bonchev–Trinajstić information content (AvgIpc) is 2.73. The van der Waals surface area contributed by atoms with Crippen molar-refractivity contribution in [3.8, 4) is 5.75 Å². The van der Waals surface area contributed by atoms with Crippen LogP contribution >= 0.6 is 0 Å². The monoisotopic (exact) mass is 381 g/mol. The Balaban J connectivity index is 1.45.